The lowest BCUT2D eigenvalue weighted by molar-refractivity contribution is 0.257. The van der Waals surface area contributed by atoms with E-state index < -0.39 is 10.0 Å². The number of sulfonamides is 1. The fourth-order valence-electron chi connectivity index (χ4n) is 2.38. The van der Waals surface area contributed by atoms with E-state index in [0.29, 0.717) is 13.1 Å². The summed E-state index contributed by atoms with van der Waals surface area (Å²) < 4.78 is 28.5. The van der Waals surface area contributed by atoms with Gasteiger partial charge in [-0.25, -0.2) is 13.4 Å². The Morgan fingerprint density at radius 3 is 2.79 bits per heavy atom. The van der Waals surface area contributed by atoms with E-state index in [4.69, 9.17) is 5.73 Å². The Kier molecular flexibility index (Phi) is 4.27. The van der Waals surface area contributed by atoms with Crippen molar-refractivity contribution in [3.63, 3.8) is 0 Å². The zero-order valence-corrected chi connectivity index (χ0v) is 12.3. The Labute approximate surface area is 114 Å². The molecule has 1 saturated heterocycles. The molecule has 1 atom stereocenters. The molecule has 7 heteroatoms. The second kappa shape index (κ2) is 5.60. The SMILES string of the molecule is CC(C)n1cnc(S(=O)(=O)N2CCCC[C@@H]2CN)c1. The summed E-state index contributed by atoms with van der Waals surface area (Å²) in [5, 5.41) is 0.126. The van der Waals surface area contributed by atoms with Crippen LogP contribution in [0.5, 0.6) is 0 Å². The smallest absolute Gasteiger partial charge is 0.262 e. The van der Waals surface area contributed by atoms with Crippen LogP contribution in [-0.4, -0.2) is 41.4 Å². The van der Waals surface area contributed by atoms with Crippen molar-refractivity contribution < 1.29 is 8.42 Å². The van der Waals surface area contributed by atoms with E-state index in [1.54, 1.807) is 17.1 Å². The second-order valence-corrected chi connectivity index (χ2v) is 7.09. The van der Waals surface area contributed by atoms with E-state index in [9.17, 15) is 8.42 Å². The maximum atomic E-state index is 12.6. The Bertz CT molecular complexity index is 524. The number of hydrogen-bond donors (Lipinski definition) is 1. The van der Waals surface area contributed by atoms with Crippen molar-refractivity contribution in [2.45, 2.75) is 50.2 Å². The quantitative estimate of drug-likeness (QED) is 0.894. The van der Waals surface area contributed by atoms with Crippen molar-refractivity contribution in [3.05, 3.63) is 12.5 Å². The van der Waals surface area contributed by atoms with Crippen LogP contribution in [0.4, 0.5) is 0 Å². The van der Waals surface area contributed by atoms with E-state index in [-0.39, 0.29) is 17.1 Å². The summed E-state index contributed by atoms with van der Waals surface area (Å²) in [6, 6.07) is 0.103. The van der Waals surface area contributed by atoms with E-state index in [1.165, 1.54) is 4.31 Å². The van der Waals surface area contributed by atoms with Crippen molar-refractivity contribution in [3.8, 4) is 0 Å². The number of rotatable bonds is 4. The lowest BCUT2D eigenvalue weighted by atomic mass is 10.1. The minimum Gasteiger partial charge on any atom is -0.334 e. The highest BCUT2D eigenvalue weighted by atomic mass is 32.2. The molecule has 0 amide bonds. The molecular formula is C12H22N4O2S. The van der Waals surface area contributed by atoms with E-state index in [2.05, 4.69) is 4.98 Å². The molecular weight excluding hydrogens is 264 g/mol. The molecule has 2 heterocycles. The lowest BCUT2D eigenvalue weighted by Crippen LogP contribution is -2.47. The number of piperidine rings is 1. The average Bonchev–Trinajstić information content (AvgIpc) is 2.89. The molecule has 0 spiro atoms. The highest BCUT2D eigenvalue weighted by Gasteiger charge is 2.34. The Balaban J connectivity index is 2.29. The molecule has 0 radical (unpaired) electrons. The maximum Gasteiger partial charge on any atom is 0.262 e. The molecule has 19 heavy (non-hydrogen) atoms. The van der Waals surface area contributed by atoms with Crippen molar-refractivity contribution in [2.24, 2.45) is 5.73 Å². The van der Waals surface area contributed by atoms with Crippen LogP contribution in [0.2, 0.25) is 0 Å². The third-order valence-electron chi connectivity index (χ3n) is 3.59. The third kappa shape index (κ3) is 2.82. The summed E-state index contributed by atoms with van der Waals surface area (Å²) in [6.07, 6.45) is 5.93. The Hall–Kier alpha value is -0.920. The Morgan fingerprint density at radius 2 is 2.21 bits per heavy atom. The number of hydrogen-bond acceptors (Lipinski definition) is 4. The summed E-state index contributed by atoms with van der Waals surface area (Å²) in [7, 11) is -3.51. The molecule has 1 aliphatic heterocycles. The predicted molar refractivity (Wildman–Crippen MR) is 73.2 cm³/mol. The molecule has 1 fully saturated rings. The third-order valence-corrected chi connectivity index (χ3v) is 5.43. The minimum absolute atomic E-state index is 0.0945. The van der Waals surface area contributed by atoms with Crippen LogP contribution < -0.4 is 5.73 Å². The first kappa shape index (κ1) is 14.5. The first-order chi connectivity index (χ1) is 8.96. The number of nitrogens with zero attached hydrogens (tertiary/aromatic N) is 3. The van der Waals surface area contributed by atoms with Crippen LogP contribution >= 0.6 is 0 Å². The number of nitrogens with two attached hydrogens (primary N) is 1. The first-order valence-electron chi connectivity index (χ1n) is 6.72. The molecule has 1 aliphatic rings. The van der Waals surface area contributed by atoms with E-state index in [0.717, 1.165) is 19.3 Å². The number of aromatic nitrogens is 2. The molecule has 0 saturated carbocycles. The molecule has 0 aromatic carbocycles. The minimum atomic E-state index is -3.51. The molecule has 2 N–H and O–H groups in total. The van der Waals surface area contributed by atoms with Crippen molar-refractivity contribution >= 4 is 10.0 Å². The van der Waals surface area contributed by atoms with Gasteiger partial charge in [-0.1, -0.05) is 6.42 Å². The Morgan fingerprint density at radius 1 is 1.47 bits per heavy atom. The van der Waals surface area contributed by atoms with Crippen molar-refractivity contribution in [1.29, 1.82) is 0 Å². The van der Waals surface area contributed by atoms with Gasteiger partial charge < -0.3 is 10.3 Å². The van der Waals surface area contributed by atoms with E-state index in [1.807, 2.05) is 13.8 Å². The monoisotopic (exact) mass is 286 g/mol. The van der Waals surface area contributed by atoms with Crippen LogP contribution in [-0.2, 0) is 10.0 Å². The van der Waals surface area contributed by atoms with Crippen molar-refractivity contribution in [1.82, 2.24) is 13.9 Å². The summed E-state index contributed by atoms with van der Waals surface area (Å²) in [5.41, 5.74) is 5.69. The molecule has 1 aromatic heterocycles. The molecule has 1 aromatic rings. The van der Waals surface area contributed by atoms with Crippen LogP contribution in [0, 0.1) is 0 Å². The largest absolute Gasteiger partial charge is 0.334 e. The fraction of sp³-hybridized carbons (Fsp3) is 0.750. The standard InChI is InChI=1S/C12H22N4O2S/c1-10(2)15-8-12(14-9-15)19(17,18)16-6-4-3-5-11(16)7-13/h8-11H,3-7,13H2,1-2H3/t11-/m1/s1. The van der Waals surface area contributed by atoms with Crippen LogP contribution in [0.3, 0.4) is 0 Å². The van der Waals surface area contributed by atoms with Gasteiger partial charge in [0, 0.05) is 31.4 Å². The van der Waals surface area contributed by atoms with Gasteiger partial charge in [-0.15, -0.1) is 0 Å². The first-order valence-corrected chi connectivity index (χ1v) is 8.16. The zero-order valence-electron chi connectivity index (χ0n) is 11.5. The van der Waals surface area contributed by atoms with Crippen LogP contribution in [0.15, 0.2) is 17.6 Å². The second-order valence-electron chi connectivity index (χ2n) is 5.25. The van der Waals surface area contributed by atoms with Crippen LogP contribution in [0.25, 0.3) is 0 Å². The maximum absolute atomic E-state index is 12.6. The van der Waals surface area contributed by atoms with E-state index >= 15 is 0 Å². The van der Waals surface area contributed by atoms with Gasteiger partial charge in [0.15, 0.2) is 5.03 Å². The predicted octanol–water partition coefficient (Wildman–Crippen LogP) is 0.966. The van der Waals surface area contributed by atoms with Gasteiger partial charge in [0.2, 0.25) is 0 Å². The summed E-state index contributed by atoms with van der Waals surface area (Å²) in [5.74, 6) is 0. The van der Waals surface area contributed by atoms with Gasteiger partial charge in [0.1, 0.15) is 0 Å². The average molecular weight is 286 g/mol. The summed E-state index contributed by atoms with van der Waals surface area (Å²) >= 11 is 0. The van der Waals surface area contributed by atoms with Gasteiger partial charge in [0.05, 0.1) is 6.33 Å². The molecule has 108 valence electrons. The zero-order chi connectivity index (χ0) is 14.0. The van der Waals surface area contributed by atoms with Gasteiger partial charge in [-0.05, 0) is 26.7 Å². The summed E-state index contributed by atoms with van der Waals surface area (Å²) in [4.78, 5) is 4.05. The normalized spacial score (nSPS) is 22.0. The van der Waals surface area contributed by atoms with Gasteiger partial charge in [-0.3, -0.25) is 0 Å². The molecule has 0 aliphatic carbocycles. The molecule has 6 nitrogen and oxygen atoms in total. The van der Waals surface area contributed by atoms with Crippen LogP contribution in [0.1, 0.15) is 39.2 Å². The molecule has 0 unspecified atom stereocenters. The van der Waals surface area contributed by atoms with Gasteiger partial charge >= 0.3 is 0 Å². The van der Waals surface area contributed by atoms with Gasteiger partial charge in [-0.2, -0.15) is 4.31 Å². The lowest BCUT2D eigenvalue weighted by Gasteiger charge is -2.33. The molecule has 2 rings (SSSR count). The van der Waals surface area contributed by atoms with Gasteiger partial charge in [0.25, 0.3) is 10.0 Å². The highest BCUT2D eigenvalue weighted by molar-refractivity contribution is 7.89. The highest BCUT2D eigenvalue weighted by Crippen LogP contribution is 2.24. The number of imidazole rings is 1. The van der Waals surface area contributed by atoms with Crippen molar-refractivity contribution in [2.75, 3.05) is 13.1 Å². The summed E-state index contributed by atoms with van der Waals surface area (Å²) in [6.45, 7) is 4.88. The molecule has 0 bridgehead atoms. The fourth-order valence-corrected chi connectivity index (χ4v) is 4.01. The topological polar surface area (TPSA) is 81.2 Å².